The first kappa shape index (κ1) is 21.7. The number of rotatable bonds is 7. The van der Waals surface area contributed by atoms with Gasteiger partial charge in [0, 0.05) is 37.6 Å². The van der Waals surface area contributed by atoms with Crippen molar-refractivity contribution < 1.29 is 17.9 Å². The number of hydrogen-bond acceptors (Lipinski definition) is 8. The number of nitrogens with zero attached hydrogens (tertiary/aromatic N) is 3. The van der Waals surface area contributed by atoms with E-state index in [2.05, 4.69) is 20.0 Å². The first-order chi connectivity index (χ1) is 15.5. The Balaban J connectivity index is 1.67. The van der Waals surface area contributed by atoms with Crippen molar-refractivity contribution in [2.75, 3.05) is 36.4 Å². The highest BCUT2D eigenvalue weighted by Crippen LogP contribution is 2.27. The standard InChI is InChI=1S/C22H23N5O4S/c1-31-17-7-5-6-16(14-17)20(28)19-15-23-12-13-27(19)22-21(24-10-11-25-22)26-32(29,30)18-8-3-2-4-9-18/h2-11,14,19,23H,12-13,15H2,1H3,(H,24,26). The molecule has 0 amide bonds. The predicted octanol–water partition coefficient (Wildman–Crippen LogP) is 1.95. The minimum atomic E-state index is -3.87. The highest BCUT2D eigenvalue weighted by molar-refractivity contribution is 7.92. The Morgan fingerprint density at radius 1 is 1.12 bits per heavy atom. The Morgan fingerprint density at radius 3 is 2.69 bits per heavy atom. The lowest BCUT2D eigenvalue weighted by Crippen LogP contribution is -2.55. The summed E-state index contributed by atoms with van der Waals surface area (Å²) in [7, 11) is -2.33. The molecule has 0 aliphatic carbocycles. The summed E-state index contributed by atoms with van der Waals surface area (Å²) in [5.74, 6) is 0.831. The number of nitrogens with one attached hydrogen (secondary N) is 2. The van der Waals surface area contributed by atoms with Crippen LogP contribution in [0.2, 0.25) is 0 Å². The summed E-state index contributed by atoms with van der Waals surface area (Å²) in [6.45, 7) is 1.46. The summed E-state index contributed by atoms with van der Waals surface area (Å²) in [5, 5.41) is 3.23. The summed E-state index contributed by atoms with van der Waals surface area (Å²) in [6.07, 6.45) is 2.89. The molecule has 4 rings (SSSR count). The summed E-state index contributed by atoms with van der Waals surface area (Å²) < 4.78 is 33.5. The number of ketones is 1. The van der Waals surface area contributed by atoms with Crippen LogP contribution in [-0.2, 0) is 10.0 Å². The molecule has 2 aromatic carbocycles. The van der Waals surface area contributed by atoms with Crippen molar-refractivity contribution in [2.45, 2.75) is 10.9 Å². The number of carbonyl (C=O) groups excluding carboxylic acids is 1. The van der Waals surface area contributed by atoms with Gasteiger partial charge >= 0.3 is 0 Å². The molecular weight excluding hydrogens is 430 g/mol. The third-order valence-corrected chi connectivity index (χ3v) is 6.49. The molecule has 10 heteroatoms. The van der Waals surface area contributed by atoms with Crippen molar-refractivity contribution in [3.8, 4) is 5.75 Å². The van der Waals surface area contributed by atoms with Crippen LogP contribution < -0.4 is 19.7 Å². The molecule has 166 valence electrons. The van der Waals surface area contributed by atoms with Gasteiger partial charge in [-0.05, 0) is 24.3 Å². The van der Waals surface area contributed by atoms with E-state index in [0.29, 0.717) is 36.8 Å². The number of anilines is 2. The number of aromatic nitrogens is 2. The van der Waals surface area contributed by atoms with Crippen molar-refractivity contribution in [3.05, 3.63) is 72.6 Å². The van der Waals surface area contributed by atoms with Gasteiger partial charge in [-0.1, -0.05) is 30.3 Å². The van der Waals surface area contributed by atoms with Crippen LogP contribution in [0.15, 0.2) is 71.9 Å². The van der Waals surface area contributed by atoms with E-state index in [1.807, 2.05) is 0 Å². The van der Waals surface area contributed by atoms with E-state index < -0.39 is 16.1 Å². The molecule has 1 fully saturated rings. The first-order valence-electron chi connectivity index (χ1n) is 10.0. The van der Waals surface area contributed by atoms with E-state index in [9.17, 15) is 13.2 Å². The zero-order valence-electron chi connectivity index (χ0n) is 17.4. The SMILES string of the molecule is COc1cccc(C(=O)C2CNCCN2c2nccnc2NS(=O)(=O)c2ccccc2)c1. The van der Waals surface area contributed by atoms with Gasteiger partial charge in [0.2, 0.25) is 0 Å². The smallest absolute Gasteiger partial charge is 0.263 e. The molecular formula is C22H23N5O4S. The molecule has 1 aliphatic rings. The fraction of sp³-hybridized carbons (Fsp3) is 0.227. The van der Waals surface area contributed by atoms with Gasteiger partial charge in [0.15, 0.2) is 17.4 Å². The van der Waals surface area contributed by atoms with E-state index >= 15 is 0 Å². The monoisotopic (exact) mass is 453 g/mol. The number of sulfonamides is 1. The van der Waals surface area contributed by atoms with Crippen LogP contribution in [0.3, 0.4) is 0 Å². The molecule has 1 aromatic heterocycles. The Kier molecular flexibility index (Phi) is 6.33. The van der Waals surface area contributed by atoms with Crippen molar-refractivity contribution in [1.29, 1.82) is 0 Å². The Labute approximate surface area is 186 Å². The van der Waals surface area contributed by atoms with Gasteiger partial charge in [0.1, 0.15) is 11.8 Å². The highest BCUT2D eigenvalue weighted by atomic mass is 32.2. The molecule has 2 heterocycles. The fourth-order valence-corrected chi connectivity index (χ4v) is 4.59. The molecule has 0 spiro atoms. The maximum atomic E-state index is 13.3. The molecule has 0 bridgehead atoms. The van der Waals surface area contributed by atoms with Crippen molar-refractivity contribution >= 4 is 27.4 Å². The number of piperazine rings is 1. The molecule has 0 radical (unpaired) electrons. The molecule has 9 nitrogen and oxygen atoms in total. The summed E-state index contributed by atoms with van der Waals surface area (Å²) in [6, 6.07) is 14.4. The summed E-state index contributed by atoms with van der Waals surface area (Å²) in [5.41, 5.74) is 0.498. The zero-order valence-corrected chi connectivity index (χ0v) is 18.2. The third kappa shape index (κ3) is 4.56. The highest BCUT2D eigenvalue weighted by Gasteiger charge is 2.33. The minimum absolute atomic E-state index is 0.0710. The van der Waals surface area contributed by atoms with Gasteiger partial charge in [0.25, 0.3) is 10.0 Å². The summed E-state index contributed by atoms with van der Waals surface area (Å²) >= 11 is 0. The number of carbonyl (C=O) groups is 1. The van der Waals surface area contributed by atoms with Gasteiger partial charge in [0.05, 0.1) is 12.0 Å². The van der Waals surface area contributed by atoms with E-state index in [-0.39, 0.29) is 16.5 Å². The number of Topliss-reactive ketones (excluding diaryl/α,β-unsaturated/α-hetero) is 1. The fourth-order valence-electron chi connectivity index (χ4n) is 3.56. The van der Waals surface area contributed by atoms with Crippen LogP contribution in [0.4, 0.5) is 11.6 Å². The van der Waals surface area contributed by atoms with E-state index in [0.717, 1.165) is 0 Å². The van der Waals surface area contributed by atoms with E-state index in [4.69, 9.17) is 4.74 Å². The molecule has 1 aliphatic heterocycles. The van der Waals surface area contributed by atoms with Crippen LogP contribution in [0.1, 0.15) is 10.4 Å². The normalized spacial score (nSPS) is 16.4. The molecule has 3 aromatic rings. The van der Waals surface area contributed by atoms with Gasteiger partial charge in [-0.3, -0.25) is 9.52 Å². The third-order valence-electron chi connectivity index (χ3n) is 5.14. The molecule has 32 heavy (non-hydrogen) atoms. The lowest BCUT2D eigenvalue weighted by atomic mass is 10.0. The Hall–Kier alpha value is -3.50. The molecule has 1 unspecified atom stereocenters. The average Bonchev–Trinajstić information content (AvgIpc) is 2.84. The van der Waals surface area contributed by atoms with Gasteiger partial charge in [-0.2, -0.15) is 0 Å². The van der Waals surface area contributed by atoms with Crippen LogP contribution in [0.5, 0.6) is 5.75 Å². The first-order valence-corrected chi connectivity index (χ1v) is 11.5. The second kappa shape index (κ2) is 9.33. The predicted molar refractivity (Wildman–Crippen MR) is 121 cm³/mol. The molecule has 0 saturated carbocycles. The number of benzene rings is 2. The van der Waals surface area contributed by atoms with Crippen LogP contribution in [-0.4, -0.2) is 57.0 Å². The van der Waals surface area contributed by atoms with Crippen molar-refractivity contribution in [3.63, 3.8) is 0 Å². The van der Waals surface area contributed by atoms with Crippen molar-refractivity contribution in [2.24, 2.45) is 0 Å². The maximum Gasteiger partial charge on any atom is 0.263 e. The molecule has 2 N–H and O–H groups in total. The lowest BCUT2D eigenvalue weighted by Gasteiger charge is -2.36. The largest absolute Gasteiger partial charge is 0.497 e. The second-order valence-corrected chi connectivity index (χ2v) is 8.84. The Morgan fingerprint density at radius 2 is 1.91 bits per heavy atom. The average molecular weight is 454 g/mol. The topological polar surface area (TPSA) is 114 Å². The maximum absolute atomic E-state index is 13.3. The molecule has 1 atom stereocenters. The van der Waals surface area contributed by atoms with Crippen LogP contribution in [0.25, 0.3) is 0 Å². The summed E-state index contributed by atoms with van der Waals surface area (Å²) in [4.78, 5) is 23.8. The Bertz CT molecular complexity index is 1200. The quantitative estimate of drug-likeness (QED) is 0.522. The lowest BCUT2D eigenvalue weighted by molar-refractivity contribution is 0.0950. The van der Waals surface area contributed by atoms with Crippen LogP contribution in [0, 0.1) is 0 Å². The van der Waals surface area contributed by atoms with E-state index in [1.54, 1.807) is 54.5 Å². The van der Waals surface area contributed by atoms with Gasteiger partial charge in [-0.25, -0.2) is 18.4 Å². The zero-order chi connectivity index (χ0) is 22.6. The van der Waals surface area contributed by atoms with Crippen molar-refractivity contribution in [1.82, 2.24) is 15.3 Å². The minimum Gasteiger partial charge on any atom is -0.497 e. The van der Waals surface area contributed by atoms with Gasteiger partial charge in [-0.15, -0.1) is 0 Å². The van der Waals surface area contributed by atoms with Gasteiger partial charge < -0.3 is 15.0 Å². The number of hydrogen-bond donors (Lipinski definition) is 2. The van der Waals surface area contributed by atoms with E-state index in [1.165, 1.54) is 24.5 Å². The molecule has 1 saturated heterocycles. The number of methoxy groups -OCH3 is 1. The second-order valence-electron chi connectivity index (χ2n) is 7.16. The number of ether oxygens (including phenoxy) is 1. The van der Waals surface area contributed by atoms with Crippen LogP contribution >= 0.6 is 0 Å².